The minimum atomic E-state index is -0.236. The number of nitrogens with one attached hydrogen (secondary N) is 1. The van der Waals surface area contributed by atoms with Crippen molar-refractivity contribution in [3.8, 4) is 0 Å². The fourth-order valence-electron chi connectivity index (χ4n) is 2.49. The van der Waals surface area contributed by atoms with Crippen molar-refractivity contribution < 1.29 is 9.53 Å². The van der Waals surface area contributed by atoms with Gasteiger partial charge in [0.2, 0.25) is 0 Å². The summed E-state index contributed by atoms with van der Waals surface area (Å²) in [4.78, 5) is 11.3. The van der Waals surface area contributed by atoms with Gasteiger partial charge in [-0.15, -0.1) is 0 Å². The normalized spacial score (nSPS) is 17.8. The van der Waals surface area contributed by atoms with Crippen LogP contribution in [0.15, 0.2) is 12.1 Å². The first-order valence-electron chi connectivity index (χ1n) is 6.66. The van der Waals surface area contributed by atoms with Crippen LogP contribution in [-0.2, 0) is 22.4 Å². The lowest BCUT2D eigenvalue weighted by atomic mass is 9.90. The van der Waals surface area contributed by atoms with Crippen molar-refractivity contribution in [2.45, 2.75) is 39.2 Å². The molecule has 1 atom stereocenters. The average molecular weight is 282 g/mol. The van der Waals surface area contributed by atoms with Crippen molar-refractivity contribution in [3.63, 3.8) is 0 Å². The molecule has 0 saturated carbocycles. The van der Waals surface area contributed by atoms with E-state index in [2.05, 4.69) is 30.0 Å². The average Bonchev–Trinajstić information content (AvgIpc) is 2.38. The van der Waals surface area contributed by atoms with E-state index < -0.39 is 0 Å². The molecule has 0 fully saturated rings. The van der Waals surface area contributed by atoms with Crippen LogP contribution in [0, 0.1) is 5.92 Å². The van der Waals surface area contributed by atoms with Gasteiger partial charge in [0, 0.05) is 6.04 Å². The maximum absolute atomic E-state index is 11.3. The lowest BCUT2D eigenvalue weighted by Gasteiger charge is -2.31. The highest BCUT2D eigenvalue weighted by molar-refractivity contribution is 6.33. The van der Waals surface area contributed by atoms with Crippen molar-refractivity contribution in [2.75, 3.05) is 12.4 Å². The van der Waals surface area contributed by atoms with Crippen LogP contribution in [0.3, 0.4) is 0 Å². The van der Waals surface area contributed by atoms with E-state index in [-0.39, 0.29) is 12.4 Å². The summed E-state index contributed by atoms with van der Waals surface area (Å²) in [5, 5.41) is 4.21. The zero-order chi connectivity index (χ0) is 14.0. The number of benzene rings is 1. The van der Waals surface area contributed by atoms with E-state index in [1.54, 1.807) is 0 Å². The molecule has 0 bridgehead atoms. The summed E-state index contributed by atoms with van der Waals surface area (Å²) in [7, 11) is 1.40. The molecule has 1 aromatic carbocycles. The number of carbonyl (C=O) groups excluding carboxylic acids is 1. The van der Waals surface area contributed by atoms with E-state index in [0.717, 1.165) is 24.1 Å². The number of ether oxygens (including phenoxy) is 1. The van der Waals surface area contributed by atoms with Crippen LogP contribution in [0.25, 0.3) is 0 Å². The van der Waals surface area contributed by atoms with Crippen LogP contribution < -0.4 is 5.32 Å². The summed E-state index contributed by atoms with van der Waals surface area (Å²) in [6.07, 6.45) is 2.37. The second kappa shape index (κ2) is 5.83. The topological polar surface area (TPSA) is 38.3 Å². The molecule has 1 aliphatic heterocycles. The lowest BCUT2D eigenvalue weighted by molar-refractivity contribution is -0.139. The molecule has 0 saturated heterocycles. The van der Waals surface area contributed by atoms with E-state index in [9.17, 15) is 4.79 Å². The molecular weight excluding hydrogens is 262 g/mol. The van der Waals surface area contributed by atoms with Crippen LogP contribution in [0.2, 0.25) is 5.02 Å². The van der Waals surface area contributed by atoms with Crippen molar-refractivity contribution in [2.24, 2.45) is 5.92 Å². The predicted molar refractivity (Wildman–Crippen MR) is 77.7 cm³/mol. The first kappa shape index (κ1) is 14.2. The molecule has 4 heteroatoms. The van der Waals surface area contributed by atoms with Crippen LogP contribution in [0.5, 0.6) is 0 Å². The third-order valence-corrected chi connectivity index (χ3v) is 3.97. The Bertz CT molecular complexity index is 485. The minimum Gasteiger partial charge on any atom is -0.469 e. The Hall–Kier alpha value is -1.22. The number of halogens is 1. The molecule has 2 rings (SSSR count). The Morgan fingerprint density at radius 3 is 2.89 bits per heavy atom. The molecular formula is C15H20ClNO2. The molecule has 1 N–H and O–H groups in total. The van der Waals surface area contributed by atoms with Gasteiger partial charge in [-0.1, -0.05) is 31.5 Å². The maximum Gasteiger partial charge on any atom is 0.309 e. The number of hydrogen-bond acceptors (Lipinski definition) is 3. The first-order chi connectivity index (χ1) is 9.01. The second-order valence-corrected chi connectivity index (χ2v) is 5.81. The van der Waals surface area contributed by atoms with Gasteiger partial charge in [0.05, 0.1) is 24.2 Å². The Morgan fingerprint density at radius 1 is 1.53 bits per heavy atom. The van der Waals surface area contributed by atoms with Crippen molar-refractivity contribution >= 4 is 23.3 Å². The van der Waals surface area contributed by atoms with Crippen molar-refractivity contribution in [1.82, 2.24) is 0 Å². The number of esters is 1. The Morgan fingerprint density at radius 2 is 2.26 bits per heavy atom. The van der Waals surface area contributed by atoms with Gasteiger partial charge in [0.25, 0.3) is 0 Å². The molecule has 19 heavy (non-hydrogen) atoms. The standard InChI is InChI=1S/C15H20ClNO2/c1-9(2)13-5-4-11-6-10(8-14(18)19-3)7-12(16)15(11)17-13/h6-7,9,13,17H,4-5,8H2,1-3H3. The van der Waals surface area contributed by atoms with Gasteiger partial charge >= 0.3 is 5.97 Å². The zero-order valence-electron chi connectivity index (χ0n) is 11.6. The highest BCUT2D eigenvalue weighted by Crippen LogP contribution is 2.35. The highest BCUT2D eigenvalue weighted by Gasteiger charge is 2.22. The second-order valence-electron chi connectivity index (χ2n) is 5.40. The molecule has 1 aromatic rings. The summed E-state index contributed by atoms with van der Waals surface area (Å²) in [6, 6.07) is 4.38. The molecule has 104 valence electrons. The molecule has 1 unspecified atom stereocenters. The van der Waals surface area contributed by atoms with E-state index in [1.165, 1.54) is 12.7 Å². The highest BCUT2D eigenvalue weighted by atomic mass is 35.5. The molecule has 0 amide bonds. The Labute approximate surface area is 119 Å². The number of fused-ring (bicyclic) bond motifs is 1. The molecule has 1 heterocycles. The minimum absolute atomic E-state index is 0.236. The van der Waals surface area contributed by atoms with Gasteiger partial charge in [-0.05, 0) is 36.0 Å². The number of rotatable bonds is 3. The molecule has 0 aromatic heterocycles. The van der Waals surface area contributed by atoms with Crippen LogP contribution in [-0.4, -0.2) is 19.1 Å². The third kappa shape index (κ3) is 3.21. The predicted octanol–water partition coefficient (Wildman–Crippen LogP) is 3.44. The van der Waals surface area contributed by atoms with Crippen LogP contribution in [0.4, 0.5) is 5.69 Å². The summed E-state index contributed by atoms with van der Waals surface area (Å²) < 4.78 is 4.69. The fraction of sp³-hybridized carbons (Fsp3) is 0.533. The quantitative estimate of drug-likeness (QED) is 0.863. The largest absolute Gasteiger partial charge is 0.469 e. The Balaban J connectivity index is 2.24. The summed E-state index contributed by atoms with van der Waals surface area (Å²) >= 11 is 6.33. The van der Waals surface area contributed by atoms with E-state index in [1.807, 2.05) is 6.07 Å². The smallest absolute Gasteiger partial charge is 0.309 e. The maximum atomic E-state index is 11.3. The van der Waals surface area contributed by atoms with Gasteiger partial charge in [-0.2, -0.15) is 0 Å². The number of aryl methyl sites for hydroxylation is 1. The SMILES string of the molecule is COC(=O)Cc1cc(Cl)c2c(c1)CCC(C(C)C)N2. The number of methoxy groups -OCH3 is 1. The molecule has 0 radical (unpaired) electrons. The first-order valence-corrected chi connectivity index (χ1v) is 7.03. The zero-order valence-corrected chi connectivity index (χ0v) is 12.4. The molecule has 0 spiro atoms. The molecule has 3 nitrogen and oxygen atoms in total. The van der Waals surface area contributed by atoms with Gasteiger partial charge in [-0.25, -0.2) is 0 Å². The van der Waals surface area contributed by atoms with Gasteiger partial charge < -0.3 is 10.1 Å². The van der Waals surface area contributed by atoms with E-state index >= 15 is 0 Å². The van der Waals surface area contributed by atoms with Gasteiger partial charge in [-0.3, -0.25) is 4.79 Å². The lowest BCUT2D eigenvalue weighted by Crippen LogP contribution is -2.30. The number of anilines is 1. The summed E-state index contributed by atoms with van der Waals surface area (Å²) in [5.41, 5.74) is 3.14. The number of hydrogen-bond donors (Lipinski definition) is 1. The third-order valence-electron chi connectivity index (χ3n) is 3.67. The number of carbonyl (C=O) groups is 1. The van der Waals surface area contributed by atoms with Crippen LogP contribution >= 0.6 is 11.6 Å². The summed E-state index contributed by atoms with van der Waals surface area (Å²) in [6.45, 7) is 4.42. The monoisotopic (exact) mass is 281 g/mol. The van der Waals surface area contributed by atoms with Gasteiger partial charge in [0.1, 0.15) is 0 Å². The Kier molecular flexibility index (Phi) is 4.35. The molecule has 1 aliphatic rings. The van der Waals surface area contributed by atoms with Crippen molar-refractivity contribution in [3.05, 3.63) is 28.3 Å². The molecule has 0 aliphatic carbocycles. The fourth-order valence-corrected chi connectivity index (χ4v) is 2.81. The van der Waals surface area contributed by atoms with Gasteiger partial charge in [0.15, 0.2) is 0 Å². The van der Waals surface area contributed by atoms with Crippen molar-refractivity contribution in [1.29, 1.82) is 0 Å². The van der Waals surface area contributed by atoms with E-state index in [4.69, 9.17) is 11.6 Å². The van der Waals surface area contributed by atoms with E-state index in [0.29, 0.717) is 17.0 Å². The summed E-state index contributed by atoms with van der Waals surface area (Å²) in [5.74, 6) is 0.346. The van der Waals surface area contributed by atoms with Crippen LogP contribution in [0.1, 0.15) is 31.4 Å².